The molecule has 0 N–H and O–H groups in total. The van der Waals surface area contributed by atoms with Crippen LogP contribution in [0.15, 0.2) is 255 Å². The Labute approximate surface area is 433 Å². The van der Waals surface area contributed by atoms with E-state index in [1.54, 1.807) is 0 Å². The number of hydrogen-bond acceptors (Lipinski definition) is 0. The van der Waals surface area contributed by atoms with Gasteiger partial charge in [-0.25, -0.2) is 0 Å². The summed E-state index contributed by atoms with van der Waals surface area (Å²) in [5.74, 6) is 0. The quantitative estimate of drug-likeness (QED) is 0.154. The molecule has 0 nitrogen and oxygen atoms in total. The Morgan fingerprint density at radius 1 is 0.189 bits per heavy atom. The highest BCUT2D eigenvalue weighted by Gasteiger charge is 2.38. The molecule has 0 saturated heterocycles. The fourth-order valence-corrected chi connectivity index (χ4v) is 13.3. The zero-order valence-corrected chi connectivity index (χ0v) is 42.2. The van der Waals surface area contributed by atoms with Gasteiger partial charge in [-0.1, -0.05) is 270 Å². The van der Waals surface area contributed by atoms with Crippen molar-refractivity contribution in [1.82, 2.24) is 0 Å². The summed E-state index contributed by atoms with van der Waals surface area (Å²) in [7, 11) is 0. The van der Waals surface area contributed by atoms with E-state index < -0.39 is 0 Å². The summed E-state index contributed by atoms with van der Waals surface area (Å²) in [6.07, 6.45) is 0. The van der Waals surface area contributed by atoms with Crippen LogP contribution in [-0.2, 0) is 10.8 Å². The molecule has 0 amide bonds. The normalized spacial score (nSPS) is 13.6. The van der Waals surface area contributed by atoms with Crippen LogP contribution in [0.5, 0.6) is 0 Å². The molecule has 0 bridgehead atoms. The zero-order chi connectivity index (χ0) is 49.7. The lowest BCUT2D eigenvalue weighted by molar-refractivity contribution is 0.660. The SMILES string of the molecule is CC1(C)c2ccccc2-c2c1cc(-c1c3ccccc3c(-c3ccccc3)c3ccccc13)c1ccccc21.CC1(C)c2ccccc2-c2cc(-c3c4ccccc4c(-c4ccccc4)c4ccccc34)ccc21. The molecule has 0 aromatic heterocycles. The van der Waals surface area contributed by atoms with E-state index in [1.807, 2.05) is 0 Å². The van der Waals surface area contributed by atoms with E-state index in [1.165, 1.54) is 143 Å². The zero-order valence-electron chi connectivity index (χ0n) is 42.2. The first kappa shape index (κ1) is 43.9. The lowest BCUT2D eigenvalue weighted by Crippen LogP contribution is -2.15. The molecule has 0 fully saturated rings. The third kappa shape index (κ3) is 6.54. The molecule has 2 aliphatic carbocycles. The van der Waals surface area contributed by atoms with Gasteiger partial charge in [0.25, 0.3) is 0 Å². The van der Waals surface area contributed by atoms with Crippen molar-refractivity contribution in [1.29, 1.82) is 0 Å². The number of hydrogen-bond donors (Lipinski definition) is 0. The van der Waals surface area contributed by atoms with Gasteiger partial charge in [0.1, 0.15) is 0 Å². The topological polar surface area (TPSA) is 0 Å². The monoisotopic (exact) mass is 942 g/mol. The number of rotatable bonds is 4. The molecule has 2 aliphatic rings. The molecule has 0 spiro atoms. The van der Waals surface area contributed by atoms with Gasteiger partial charge in [0, 0.05) is 10.8 Å². The second-order valence-electron chi connectivity index (χ2n) is 21.4. The fraction of sp³-hybridized carbons (Fsp3) is 0.0811. The van der Waals surface area contributed by atoms with Gasteiger partial charge in [0.05, 0.1) is 0 Å². The molecule has 0 radical (unpaired) electrons. The maximum atomic E-state index is 2.51. The average Bonchev–Trinajstić information content (AvgIpc) is 3.83. The van der Waals surface area contributed by atoms with Crippen molar-refractivity contribution < 1.29 is 0 Å². The Hall–Kier alpha value is -8.84. The Balaban J connectivity index is 0.000000137. The van der Waals surface area contributed by atoms with Crippen LogP contribution < -0.4 is 0 Å². The van der Waals surface area contributed by atoms with Gasteiger partial charge in [-0.05, 0) is 155 Å². The third-order valence-corrected chi connectivity index (χ3v) is 16.7. The average molecular weight is 943 g/mol. The predicted molar refractivity (Wildman–Crippen MR) is 317 cm³/mol. The van der Waals surface area contributed by atoms with Gasteiger partial charge in [0.2, 0.25) is 0 Å². The molecule has 13 aromatic rings. The first-order chi connectivity index (χ1) is 36.3. The van der Waals surface area contributed by atoms with Gasteiger partial charge in [-0.2, -0.15) is 0 Å². The molecule has 0 heteroatoms. The van der Waals surface area contributed by atoms with E-state index in [-0.39, 0.29) is 10.8 Å². The molecule has 74 heavy (non-hydrogen) atoms. The van der Waals surface area contributed by atoms with Crippen molar-refractivity contribution >= 4 is 53.9 Å². The highest BCUT2D eigenvalue weighted by Crippen LogP contribution is 2.55. The third-order valence-electron chi connectivity index (χ3n) is 16.7. The van der Waals surface area contributed by atoms with Crippen molar-refractivity contribution in [2.45, 2.75) is 38.5 Å². The molecular formula is C74H54. The van der Waals surface area contributed by atoms with Gasteiger partial charge < -0.3 is 0 Å². The van der Waals surface area contributed by atoms with Crippen molar-refractivity contribution in [3.05, 3.63) is 277 Å². The maximum absolute atomic E-state index is 2.51. The summed E-state index contributed by atoms with van der Waals surface area (Å²) in [5.41, 5.74) is 21.5. The van der Waals surface area contributed by atoms with E-state index in [4.69, 9.17) is 0 Å². The molecule has 0 saturated carbocycles. The van der Waals surface area contributed by atoms with Crippen LogP contribution in [0, 0.1) is 0 Å². The molecule has 0 heterocycles. The molecule has 0 aliphatic heterocycles. The van der Waals surface area contributed by atoms with E-state index in [0.29, 0.717) is 0 Å². The van der Waals surface area contributed by atoms with Crippen molar-refractivity contribution in [3.8, 4) is 66.8 Å². The van der Waals surface area contributed by atoms with Crippen LogP contribution >= 0.6 is 0 Å². The van der Waals surface area contributed by atoms with Crippen LogP contribution in [0.2, 0.25) is 0 Å². The predicted octanol–water partition coefficient (Wildman–Crippen LogP) is 20.4. The Morgan fingerprint density at radius 2 is 0.514 bits per heavy atom. The van der Waals surface area contributed by atoms with Gasteiger partial charge in [-0.3, -0.25) is 0 Å². The first-order valence-corrected chi connectivity index (χ1v) is 26.2. The van der Waals surface area contributed by atoms with Gasteiger partial charge in [-0.15, -0.1) is 0 Å². The van der Waals surface area contributed by atoms with Crippen molar-refractivity contribution in [3.63, 3.8) is 0 Å². The van der Waals surface area contributed by atoms with E-state index in [9.17, 15) is 0 Å². The maximum Gasteiger partial charge on any atom is 0.0159 e. The Bertz CT molecular complexity index is 4280. The minimum Gasteiger partial charge on any atom is -0.0622 e. The first-order valence-electron chi connectivity index (χ1n) is 26.2. The summed E-state index contributed by atoms with van der Waals surface area (Å²) in [5, 5.41) is 13.0. The van der Waals surface area contributed by atoms with Crippen LogP contribution in [0.3, 0.4) is 0 Å². The van der Waals surface area contributed by atoms with Crippen LogP contribution in [0.4, 0.5) is 0 Å². The summed E-state index contributed by atoms with van der Waals surface area (Å²) >= 11 is 0. The molecular weight excluding hydrogens is 889 g/mol. The van der Waals surface area contributed by atoms with Crippen molar-refractivity contribution in [2.75, 3.05) is 0 Å². The minimum atomic E-state index is -0.0692. The van der Waals surface area contributed by atoms with Crippen LogP contribution in [0.25, 0.3) is 121 Å². The molecule has 0 unspecified atom stereocenters. The summed E-state index contributed by atoms with van der Waals surface area (Å²) in [6.45, 7) is 9.45. The Kier molecular flexibility index (Phi) is 10.0. The minimum absolute atomic E-state index is 0.0196. The molecule has 13 aromatic carbocycles. The lowest BCUT2D eigenvalue weighted by Gasteiger charge is -2.24. The molecule has 15 rings (SSSR count). The number of benzene rings is 13. The highest BCUT2D eigenvalue weighted by atomic mass is 14.4. The van der Waals surface area contributed by atoms with E-state index in [0.717, 1.165) is 0 Å². The standard InChI is InChI=1S/C39H28.C35H26/c1-39(2)34-23-13-12-22-32(34)38-27-17-7-6-16-26(27)33(24-35(38)39)37-30-20-10-8-18-28(30)36(25-14-4-3-5-15-25)29-19-9-11-21-31(29)37;1-35(2)31-19-11-10-14-25(31)30-22-24(20-21-32(30)35)34-28-17-8-6-15-26(28)33(23-12-4-3-5-13-23)27-16-7-9-18-29(27)34/h3-24H,1-2H3;3-22H,1-2H3. The van der Waals surface area contributed by atoms with E-state index in [2.05, 4.69) is 282 Å². The van der Waals surface area contributed by atoms with Crippen LogP contribution in [-0.4, -0.2) is 0 Å². The number of fused-ring (bicyclic) bond motifs is 12. The van der Waals surface area contributed by atoms with Gasteiger partial charge >= 0.3 is 0 Å². The van der Waals surface area contributed by atoms with E-state index >= 15 is 0 Å². The molecule has 0 atom stereocenters. The highest BCUT2D eigenvalue weighted by molar-refractivity contribution is 6.25. The summed E-state index contributed by atoms with van der Waals surface area (Å²) in [4.78, 5) is 0. The summed E-state index contributed by atoms with van der Waals surface area (Å²) < 4.78 is 0. The lowest BCUT2D eigenvalue weighted by atomic mass is 9.79. The fourth-order valence-electron chi connectivity index (χ4n) is 13.3. The summed E-state index contributed by atoms with van der Waals surface area (Å²) in [6, 6.07) is 93.9. The van der Waals surface area contributed by atoms with Crippen LogP contribution in [0.1, 0.15) is 49.9 Å². The Morgan fingerprint density at radius 3 is 0.986 bits per heavy atom. The smallest absolute Gasteiger partial charge is 0.0159 e. The second-order valence-corrected chi connectivity index (χ2v) is 21.4. The largest absolute Gasteiger partial charge is 0.0622 e. The second kappa shape index (κ2) is 16.9. The van der Waals surface area contributed by atoms with Gasteiger partial charge in [0.15, 0.2) is 0 Å². The van der Waals surface area contributed by atoms with Crippen molar-refractivity contribution in [2.24, 2.45) is 0 Å². The molecule has 350 valence electrons.